The number of nitrogens with zero attached hydrogens (tertiary/aromatic N) is 2. The molecule has 1 aromatic heterocycles. The quantitative estimate of drug-likeness (QED) is 0.817. The van der Waals surface area contributed by atoms with Gasteiger partial charge in [0.2, 0.25) is 5.91 Å². The van der Waals surface area contributed by atoms with E-state index >= 15 is 0 Å². The Morgan fingerprint density at radius 3 is 2.73 bits per heavy atom. The highest BCUT2D eigenvalue weighted by Crippen LogP contribution is 2.25. The average molecular weight is 296 g/mol. The van der Waals surface area contributed by atoms with Crippen LogP contribution in [-0.2, 0) is 4.79 Å². The van der Waals surface area contributed by atoms with Gasteiger partial charge in [-0.05, 0) is 30.8 Å². The van der Waals surface area contributed by atoms with Crippen LogP contribution >= 0.6 is 0 Å². The maximum Gasteiger partial charge on any atom is 0.247 e. The van der Waals surface area contributed by atoms with Gasteiger partial charge in [-0.3, -0.25) is 4.79 Å². The average Bonchev–Trinajstić information content (AvgIpc) is 3.07. The highest BCUT2D eigenvalue weighted by atomic mass is 16.3. The Morgan fingerprint density at radius 1 is 1.18 bits per heavy atom. The third-order valence-electron chi connectivity index (χ3n) is 3.98. The van der Waals surface area contributed by atoms with Gasteiger partial charge in [-0.1, -0.05) is 30.3 Å². The number of rotatable bonds is 3. The van der Waals surface area contributed by atoms with Gasteiger partial charge >= 0.3 is 0 Å². The minimum absolute atomic E-state index is 0.0263. The van der Waals surface area contributed by atoms with Crippen molar-refractivity contribution in [3.8, 4) is 0 Å². The summed E-state index contributed by atoms with van der Waals surface area (Å²) in [7, 11) is 2.09. The Balaban J connectivity index is 1.79. The number of hydrogen-bond acceptors (Lipinski definition) is 3. The van der Waals surface area contributed by atoms with E-state index in [4.69, 9.17) is 4.42 Å². The van der Waals surface area contributed by atoms with E-state index in [9.17, 15) is 4.79 Å². The molecule has 1 aliphatic rings. The Morgan fingerprint density at radius 2 is 2.00 bits per heavy atom. The standard InChI is InChI=1S/C18H20N2O2/c1-19-11-12-20(17(14-19)15-6-3-2-4-7-15)18(21)10-9-16-8-5-13-22-16/h2-10,13,17H,11-12,14H2,1H3/b10-9+. The molecule has 2 heterocycles. The van der Waals surface area contributed by atoms with Crippen LogP contribution in [0.25, 0.3) is 6.08 Å². The lowest BCUT2D eigenvalue weighted by atomic mass is 10.0. The first kappa shape index (κ1) is 14.6. The zero-order chi connectivity index (χ0) is 15.4. The molecule has 1 atom stereocenters. The molecule has 0 saturated carbocycles. The van der Waals surface area contributed by atoms with Gasteiger partial charge in [-0.2, -0.15) is 0 Å². The smallest absolute Gasteiger partial charge is 0.247 e. The Hall–Kier alpha value is -2.33. The SMILES string of the molecule is CN1CCN(C(=O)/C=C/c2ccco2)C(c2ccccc2)C1. The summed E-state index contributed by atoms with van der Waals surface area (Å²) >= 11 is 0. The summed E-state index contributed by atoms with van der Waals surface area (Å²) in [6.07, 6.45) is 4.93. The maximum absolute atomic E-state index is 12.6. The van der Waals surface area contributed by atoms with Crippen LogP contribution in [0.5, 0.6) is 0 Å². The van der Waals surface area contributed by atoms with Crippen LogP contribution in [0.2, 0.25) is 0 Å². The van der Waals surface area contributed by atoms with Crippen LogP contribution in [0.3, 0.4) is 0 Å². The summed E-state index contributed by atoms with van der Waals surface area (Å²) < 4.78 is 5.23. The summed E-state index contributed by atoms with van der Waals surface area (Å²) in [5, 5.41) is 0. The van der Waals surface area contributed by atoms with E-state index in [-0.39, 0.29) is 11.9 Å². The second kappa shape index (κ2) is 6.62. The number of carbonyl (C=O) groups is 1. The maximum atomic E-state index is 12.6. The topological polar surface area (TPSA) is 36.7 Å². The van der Waals surface area contributed by atoms with Crippen molar-refractivity contribution in [2.75, 3.05) is 26.7 Å². The van der Waals surface area contributed by atoms with Gasteiger partial charge in [0.05, 0.1) is 12.3 Å². The summed E-state index contributed by atoms with van der Waals surface area (Å²) in [6, 6.07) is 13.9. The molecule has 0 spiro atoms. The lowest BCUT2D eigenvalue weighted by Gasteiger charge is -2.39. The zero-order valence-corrected chi connectivity index (χ0v) is 12.7. The Labute approximate surface area is 130 Å². The highest BCUT2D eigenvalue weighted by Gasteiger charge is 2.28. The fourth-order valence-corrected chi connectivity index (χ4v) is 2.78. The number of piperazine rings is 1. The van der Waals surface area contributed by atoms with Crippen molar-refractivity contribution in [2.24, 2.45) is 0 Å². The van der Waals surface area contributed by atoms with Crippen molar-refractivity contribution >= 4 is 12.0 Å². The Kier molecular flexibility index (Phi) is 4.39. The number of carbonyl (C=O) groups excluding carboxylic acids is 1. The number of hydrogen-bond donors (Lipinski definition) is 0. The first-order valence-corrected chi connectivity index (χ1v) is 7.50. The molecule has 4 nitrogen and oxygen atoms in total. The normalized spacial score (nSPS) is 19.7. The van der Waals surface area contributed by atoms with Crippen molar-refractivity contribution in [3.05, 3.63) is 66.1 Å². The molecular formula is C18H20N2O2. The van der Waals surface area contributed by atoms with Gasteiger partial charge < -0.3 is 14.2 Å². The van der Waals surface area contributed by atoms with E-state index in [0.717, 1.165) is 19.6 Å². The van der Waals surface area contributed by atoms with Gasteiger partial charge in [0.15, 0.2) is 0 Å². The molecule has 22 heavy (non-hydrogen) atoms. The van der Waals surface area contributed by atoms with E-state index < -0.39 is 0 Å². The number of amides is 1. The van der Waals surface area contributed by atoms with Crippen molar-refractivity contribution in [1.82, 2.24) is 9.80 Å². The van der Waals surface area contributed by atoms with Gasteiger partial charge in [-0.25, -0.2) is 0 Å². The van der Waals surface area contributed by atoms with Gasteiger partial charge in [0.25, 0.3) is 0 Å². The molecule has 2 aromatic rings. The predicted octanol–water partition coefficient (Wildman–Crippen LogP) is 2.81. The van der Waals surface area contributed by atoms with Crippen LogP contribution in [0, 0.1) is 0 Å². The molecule has 4 heteroatoms. The molecule has 1 saturated heterocycles. The lowest BCUT2D eigenvalue weighted by Crippen LogP contribution is -2.48. The molecule has 1 amide bonds. The van der Waals surface area contributed by atoms with Crippen molar-refractivity contribution < 1.29 is 9.21 Å². The lowest BCUT2D eigenvalue weighted by molar-refractivity contribution is -0.130. The summed E-state index contributed by atoms with van der Waals surface area (Å²) in [5.41, 5.74) is 1.17. The van der Waals surface area contributed by atoms with E-state index in [0.29, 0.717) is 5.76 Å². The molecule has 0 radical (unpaired) electrons. The number of furan rings is 1. The predicted molar refractivity (Wildman–Crippen MR) is 86.1 cm³/mol. The number of benzene rings is 1. The van der Waals surface area contributed by atoms with Crippen molar-refractivity contribution in [3.63, 3.8) is 0 Å². The summed E-state index contributed by atoms with van der Waals surface area (Å²) in [5.74, 6) is 0.720. The summed E-state index contributed by atoms with van der Waals surface area (Å²) in [6.45, 7) is 2.48. The van der Waals surface area contributed by atoms with Crippen LogP contribution in [0.15, 0.2) is 59.2 Å². The van der Waals surface area contributed by atoms with E-state index in [1.807, 2.05) is 35.2 Å². The Bertz CT molecular complexity index is 634. The number of likely N-dealkylation sites (N-methyl/N-ethyl adjacent to an activating group) is 1. The van der Waals surface area contributed by atoms with Crippen LogP contribution in [0.1, 0.15) is 17.4 Å². The van der Waals surface area contributed by atoms with E-state index in [1.54, 1.807) is 18.4 Å². The third kappa shape index (κ3) is 3.28. The van der Waals surface area contributed by atoms with E-state index in [2.05, 4.69) is 24.1 Å². The van der Waals surface area contributed by atoms with Crippen LogP contribution < -0.4 is 0 Å². The monoisotopic (exact) mass is 296 g/mol. The largest absolute Gasteiger partial charge is 0.465 e. The van der Waals surface area contributed by atoms with Crippen molar-refractivity contribution in [1.29, 1.82) is 0 Å². The van der Waals surface area contributed by atoms with Crippen LogP contribution in [-0.4, -0.2) is 42.4 Å². The highest BCUT2D eigenvalue weighted by molar-refractivity contribution is 5.91. The first-order chi connectivity index (χ1) is 10.7. The molecule has 0 bridgehead atoms. The fraction of sp³-hybridized carbons (Fsp3) is 0.278. The third-order valence-corrected chi connectivity index (χ3v) is 3.98. The summed E-state index contributed by atoms with van der Waals surface area (Å²) in [4.78, 5) is 16.8. The molecule has 1 unspecified atom stereocenters. The van der Waals surface area contributed by atoms with Gasteiger partial charge in [-0.15, -0.1) is 0 Å². The van der Waals surface area contributed by atoms with Gasteiger partial charge in [0.1, 0.15) is 5.76 Å². The minimum Gasteiger partial charge on any atom is -0.465 e. The molecule has 1 aliphatic heterocycles. The zero-order valence-electron chi connectivity index (χ0n) is 12.7. The molecule has 0 N–H and O–H groups in total. The minimum atomic E-state index is 0.0263. The van der Waals surface area contributed by atoms with Crippen molar-refractivity contribution in [2.45, 2.75) is 6.04 Å². The van der Waals surface area contributed by atoms with Gasteiger partial charge in [0, 0.05) is 25.7 Å². The molecule has 1 fully saturated rings. The second-order valence-corrected chi connectivity index (χ2v) is 5.57. The second-order valence-electron chi connectivity index (χ2n) is 5.57. The van der Waals surface area contributed by atoms with Crippen LogP contribution in [0.4, 0.5) is 0 Å². The molecule has 3 rings (SSSR count). The first-order valence-electron chi connectivity index (χ1n) is 7.50. The molecule has 0 aliphatic carbocycles. The fourth-order valence-electron chi connectivity index (χ4n) is 2.78. The molecular weight excluding hydrogens is 276 g/mol. The molecule has 1 aromatic carbocycles. The van der Waals surface area contributed by atoms with E-state index in [1.165, 1.54) is 5.56 Å². The molecule has 114 valence electrons.